The van der Waals surface area contributed by atoms with Gasteiger partial charge in [0.25, 0.3) is 0 Å². The molecule has 302 valence electrons. The Morgan fingerprint density at radius 3 is 1.32 bits per heavy atom. The van der Waals surface area contributed by atoms with Crippen LogP contribution < -0.4 is 0 Å². The molecule has 1 aliphatic carbocycles. The number of benzene rings is 11. The second-order valence-electron chi connectivity index (χ2n) is 20.0. The van der Waals surface area contributed by atoms with Crippen LogP contribution in [0.15, 0.2) is 194 Å². The Balaban J connectivity index is 1.10. The molecule has 0 nitrogen and oxygen atoms in total. The van der Waals surface area contributed by atoms with Crippen LogP contribution in [0.2, 0.25) is 0 Å². The van der Waals surface area contributed by atoms with E-state index in [0.29, 0.717) is 0 Å². The predicted molar refractivity (Wildman–Crippen MR) is 273 cm³/mol. The fourth-order valence-corrected chi connectivity index (χ4v) is 12.6. The first-order valence-corrected chi connectivity index (χ1v) is 22.6. The molecule has 0 aromatic heterocycles. The van der Waals surface area contributed by atoms with Gasteiger partial charge in [0.1, 0.15) is 0 Å². The lowest BCUT2D eigenvalue weighted by molar-refractivity contribution is 0.0965. The second kappa shape index (κ2) is 13.5. The molecule has 1 aliphatic rings. The van der Waals surface area contributed by atoms with Crippen molar-refractivity contribution in [3.63, 3.8) is 0 Å². The lowest BCUT2D eigenvalue weighted by Gasteiger charge is -2.53. The van der Waals surface area contributed by atoms with E-state index in [9.17, 15) is 0 Å². The zero-order valence-corrected chi connectivity index (χ0v) is 37.0. The number of fused-ring (bicyclic) bond motifs is 12. The molecule has 0 heteroatoms. The summed E-state index contributed by atoms with van der Waals surface area (Å²) in [5, 5.41) is 15.5. The molecule has 0 heterocycles. The van der Waals surface area contributed by atoms with Crippen LogP contribution in [0.25, 0.3) is 109 Å². The Hall–Kier alpha value is -7.02. The Morgan fingerprint density at radius 2 is 0.730 bits per heavy atom. The number of hydrogen-bond acceptors (Lipinski definition) is 0. The van der Waals surface area contributed by atoms with Gasteiger partial charge in [-0.25, -0.2) is 0 Å². The van der Waals surface area contributed by atoms with Gasteiger partial charge in [-0.15, -0.1) is 0 Å². The van der Waals surface area contributed by atoms with E-state index in [2.05, 4.69) is 236 Å². The molecule has 11 aromatic rings. The van der Waals surface area contributed by atoms with Gasteiger partial charge < -0.3 is 0 Å². The van der Waals surface area contributed by atoms with Gasteiger partial charge in [0, 0.05) is 5.41 Å². The van der Waals surface area contributed by atoms with Crippen molar-refractivity contribution in [2.75, 3.05) is 0 Å². The van der Waals surface area contributed by atoms with E-state index in [0.717, 1.165) is 0 Å². The maximum atomic E-state index is 2.53. The Kier molecular flexibility index (Phi) is 8.08. The lowest BCUT2D eigenvalue weighted by Crippen LogP contribution is -2.50. The van der Waals surface area contributed by atoms with Crippen LogP contribution in [0.3, 0.4) is 0 Å². The molecule has 0 unspecified atom stereocenters. The maximum Gasteiger partial charge on any atom is 0.0318 e. The third-order valence-corrected chi connectivity index (χ3v) is 14.7. The van der Waals surface area contributed by atoms with E-state index >= 15 is 0 Å². The van der Waals surface area contributed by atoms with E-state index in [-0.39, 0.29) is 16.2 Å². The fraction of sp³-hybridized carbons (Fsp3) is 0.143. The molecule has 63 heavy (non-hydrogen) atoms. The lowest BCUT2D eigenvalue weighted by atomic mass is 9.49. The highest BCUT2D eigenvalue weighted by atomic mass is 14.6. The van der Waals surface area contributed by atoms with Gasteiger partial charge in [-0.1, -0.05) is 205 Å². The highest BCUT2D eigenvalue weighted by Gasteiger charge is 2.58. The van der Waals surface area contributed by atoms with Crippen molar-refractivity contribution in [1.29, 1.82) is 0 Å². The Morgan fingerprint density at radius 1 is 0.286 bits per heavy atom. The van der Waals surface area contributed by atoms with Gasteiger partial charge in [0.2, 0.25) is 0 Å². The van der Waals surface area contributed by atoms with Crippen molar-refractivity contribution in [3.05, 3.63) is 205 Å². The van der Waals surface area contributed by atoms with E-state index < -0.39 is 0 Å². The fourth-order valence-electron chi connectivity index (χ4n) is 12.6. The molecular weight excluding hydrogens is 757 g/mol. The summed E-state index contributed by atoms with van der Waals surface area (Å²) in [4.78, 5) is 0. The van der Waals surface area contributed by atoms with Gasteiger partial charge >= 0.3 is 0 Å². The van der Waals surface area contributed by atoms with Crippen molar-refractivity contribution < 1.29 is 0 Å². The van der Waals surface area contributed by atoms with E-state index in [1.54, 1.807) is 0 Å². The summed E-state index contributed by atoms with van der Waals surface area (Å²) in [5.74, 6) is 0. The van der Waals surface area contributed by atoms with Crippen molar-refractivity contribution in [1.82, 2.24) is 0 Å². The second-order valence-corrected chi connectivity index (χ2v) is 20.0. The molecule has 0 saturated heterocycles. The Labute approximate surface area is 370 Å². The normalized spacial score (nSPS) is 13.7. The van der Waals surface area contributed by atoms with Gasteiger partial charge in [-0.05, 0) is 161 Å². The molecule has 0 bridgehead atoms. The summed E-state index contributed by atoms with van der Waals surface area (Å²) >= 11 is 0. The third-order valence-electron chi connectivity index (χ3n) is 14.7. The van der Waals surface area contributed by atoms with Gasteiger partial charge in [0.05, 0.1) is 0 Å². The van der Waals surface area contributed by atoms with Crippen LogP contribution in [-0.2, 0) is 5.41 Å². The topological polar surface area (TPSA) is 0 Å². The summed E-state index contributed by atoms with van der Waals surface area (Å²) in [7, 11) is 0. The highest BCUT2D eigenvalue weighted by molar-refractivity contribution is 6.23. The van der Waals surface area contributed by atoms with Crippen LogP contribution in [-0.4, -0.2) is 0 Å². The maximum absolute atomic E-state index is 2.53. The van der Waals surface area contributed by atoms with Gasteiger partial charge in [-0.2, -0.15) is 0 Å². The van der Waals surface area contributed by atoms with Crippen LogP contribution in [0.1, 0.15) is 52.7 Å². The Bertz CT molecular complexity index is 3620. The number of hydrogen-bond donors (Lipinski definition) is 0. The monoisotopic (exact) mass is 806 g/mol. The smallest absolute Gasteiger partial charge is 0.0318 e. The van der Waals surface area contributed by atoms with Crippen molar-refractivity contribution >= 4 is 64.6 Å². The molecule has 0 aliphatic heterocycles. The van der Waals surface area contributed by atoms with Crippen LogP contribution in [0.4, 0.5) is 0 Å². The summed E-state index contributed by atoms with van der Waals surface area (Å²) in [6.45, 7) is 14.8. The SMILES string of the molecule is CC(C)(C)C1(C(C)(C)C)c2cc3ccccc3cc2-c2c1c1ccc(-c3cccc(-c4c5ccccc5c(-c5ccc6ccccc6c5)c5ccccc45)c3)cc1c1ccccc21. The van der Waals surface area contributed by atoms with Crippen LogP contribution in [0, 0.1) is 10.8 Å². The minimum atomic E-state index is -0.264. The van der Waals surface area contributed by atoms with Crippen LogP contribution in [0.5, 0.6) is 0 Å². The molecule has 0 spiro atoms. The largest absolute Gasteiger partial charge is 0.0616 e. The van der Waals surface area contributed by atoms with Crippen LogP contribution >= 0.6 is 0 Å². The molecule has 0 fully saturated rings. The molecular formula is C63H50. The zero-order chi connectivity index (χ0) is 42.8. The third kappa shape index (κ3) is 5.34. The first-order chi connectivity index (χ1) is 30.5. The standard InChI is InChI=1S/C63H50/c1-61(2,3)63(62(4,5)6)56-38-43-21-10-9-20-42(43)37-55(56)59-48-25-12-11-24-47(48)54-36-44(32-33-53(54)60(59)63)41-22-17-23-45(35-41)57-49-26-13-15-28-51(49)58(52-29-16-14-27-50(52)57)46-31-30-39-18-7-8-19-40(39)34-46/h7-38H,1-6H3. The predicted octanol–water partition coefficient (Wildman–Crippen LogP) is 18.0. The average molecular weight is 807 g/mol. The summed E-state index contributed by atoms with van der Waals surface area (Å²) < 4.78 is 0. The van der Waals surface area contributed by atoms with Crippen molar-refractivity contribution in [3.8, 4) is 44.5 Å². The first-order valence-electron chi connectivity index (χ1n) is 22.6. The summed E-state index contributed by atoms with van der Waals surface area (Å²) in [5.41, 5.74) is 12.8. The molecule has 0 saturated carbocycles. The highest BCUT2D eigenvalue weighted by Crippen LogP contribution is 2.67. The van der Waals surface area contributed by atoms with Crippen molar-refractivity contribution in [2.24, 2.45) is 10.8 Å². The molecule has 12 rings (SSSR count). The van der Waals surface area contributed by atoms with Crippen molar-refractivity contribution in [2.45, 2.75) is 47.0 Å². The zero-order valence-electron chi connectivity index (χ0n) is 37.0. The minimum absolute atomic E-state index is 0.0918. The quantitative estimate of drug-likeness (QED) is 0.123. The molecule has 11 aromatic carbocycles. The van der Waals surface area contributed by atoms with E-state index in [1.165, 1.54) is 120 Å². The first kappa shape index (κ1) is 37.7. The minimum Gasteiger partial charge on any atom is -0.0616 e. The molecule has 0 atom stereocenters. The molecule has 0 N–H and O–H groups in total. The van der Waals surface area contributed by atoms with E-state index in [1.807, 2.05) is 0 Å². The van der Waals surface area contributed by atoms with E-state index in [4.69, 9.17) is 0 Å². The molecule has 0 amide bonds. The summed E-state index contributed by atoms with van der Waals surface area (Å²) in [6.07, 6.45) is 0. The van der Waals surface area contributed by atoms with Gasteiger partial charge in [-0.3, -0.25) is 0 Å². The van der Waals surface area contributed by atoms with Gasteiger partial charge in [0.15, 0.2) is 0 Å². The average Bonchev–Trinajstić information content (AvgIpc) is 3.62. The number of rotatable bonds is 3. The summed E-state index contributed by atoms with van der Waals surface area (Å²) in [6, 6.07) is 73.3. The molecule has 0 radical (unpaired) electrons.